The van der Waals surface area contributed by atoms with E-state index in [1.165, 1.54) is 24.2 Å². The Kier molecular flexibility index (Phi) is 8.02. The van der Waals surface area contributed by atoms with E-state index < -0.39 is 0 Å². The number of benzene rings is 2. The average Bonchev–Trinajstić information content (AvgIpc) is 2.86. The number of carbonyl (C=O) groups is 3. The summed E-state index contributed by atoms with van der Waals surface area (Å²) < 4.78 is 11.3. The number of piperidine rings is 1. The van der Waals surface area contributed by atoms with Crippen molar-refractivity contribution < 1.29 is 23.9 Å². The number of aryl methyl sites for hydroxylation is 2. The summed E-state index contributed by atoms with van der Waals surface area (Å²) in [5.41, 5.74) is 2.81. The second kappa shape index (κ2) is 11.4. The van der Waals surface area contributed by atoms with E-state index in [0.29, 0.717) is 29.3 Å². The Hall–Kier alpha value is -3.39. The number of hydrogen-bond donors (Lipinski definition) is 1. The molecule has 4 rings (SSSR count). The predicted octanol–water partition coefficient (Wildman–Crippen LogP) is 2.89. The van der Waals surface area contributed by atoms with Crippen LogP contribution in [0.4, 0.5) is 5.69 Å². The molecular formula is C27H33N3O5. The number of amides is 2. The van der Waals surface area contributed by atoms with Gasteiger partial charge in [-0.05, 0) is 75.2 Å². The highest BCUT2D eigenvalue weighted by Crippen LogP contribution is 2.33. The van der Waals surface area contributed by atoms with Crippen LogP contribution in [0.15, 0.2) is 36.4 Å². The van der Waals surface area contributed by atoms with Crippen molar-refractivity contribution in [1.29, 1.82) is 0 Å². The number of nitrogens with one attached hydrogen (secondary N) is 1. The highest BCUT2D eigenvalue weighted by molar-refractivity contribution is 6.04. The first-order valence-corrected chi connectivity index (χ1v) is 12.2. The molecule has 0 saturated carbocycles. The van der Waals surface area contributed by atoms with Crippen molar-refractivity contribution in [2.24, 2.45) is 0 Å². The van der Waals surface area contributed by atoms with Gasteiger partial charge >= 0.3 is 0 Å². The van der Waals surface area contributed by atoms with Crippen LogP contribution in [0.1, 0.15) is 40.7 Å². The number of Topliss-reactive ketones (excluding diaryl/α,β-unsaturated/α-hetero) is 1. The molecule has 2 aromatic carbocycles. The van der Waals surface area contributed by atoms with Gasteiger partial charge in [-0.2, -0.15) is 0 Å². The van der Waals surface area contributed by atoms with Gasteiger partial charge in [0.2, 0.25) is 5.91 Å². The lowest BCUT2D eigenvalue weighted by Gasteiger charge is -2.29. The molecule has 2 amide bonds. The first kappa shape index (κ1) is 24.7. The Morgan fingerprint density at radius 1 is 1.06 bits per heavy atom. The molecule has 2 aliphatic rings. The van der Waals surface area contributed by atoms with Crippen molar-refractivity contribution in [1.82, 2.24) is 10.2 Å². The summed E-state index contributed by atoms with van der Waals surface area (Å²) in [6, 6.07) is 10.7. The van der Waals surface area contributed by atoms with Gasteiger partial charge in [-0.15, -0.1) is 0 Å². The fourth-order valence-corrected chi connectivity index (χ4v) is 4.37. The van der Waals surface area contributed by atoms with Crippen LogP contribution in [-0.2, 0) is 9.59 Å². The smallest absolute Gasteiger partial charge is 0.265 e. The molecule has 0 aliphatic carbocycles. The fraction of sp³-hybridized carbons (Fsp3) is 0.444. The Labute approximate surface area is 206 Å². The van der Waals surface area contributed by atoms with E-state index >= 15 is 0 Å². The molecule has 0 spiro atoms. The summed E-state index contributed by atoms with van der Waals surface area (Å²) in [7, 11) is 0. The second-order valence-corrected chi connectivity index (χ2v) is 9.18. The van der Waals surface area contributed by atoms with Crippen molar-refractivity contribution in [3.8, 4) is 11.5 Å². The molecule has 186 valence electrons. The zero-order valence-corrected chi connectivity index (χ0v) is 20.5. The summed E-state index contributed by atoms with van der Waals surface area (Å²) >= 11 is 0. The van der Waals surface area contributed by atoms with Crippen molar-refractivity contribution in [2.45, 2.75) is 33.1 Å². The van der Waals surface area contributed by atoms with Crippen molar-refractivity contribution in [2.75, 3.05) is 50.8 Å². The minimum atomic E-state index is -0.320. The molecule has 35 heavy (non-hydrogen) atoms. The van der Waals surface area contributed by atoms with E-state index in [1.54, 1.807) is 18.2 Å². The number of ether oxygens (including phenoxy) is 2. The van der Waals surface area contributed by atoms with E-state index in [-0.39, 0.29) is 37.4 Å². The van der Waals surface area contributed by atoms with Gasteiger partial charge in [-0.1, -0.05) is 18.6 Å². The van der Waals surface area contributed by atoms with Crippen LogP contribution < -0.4 is 19.7 Å². The molecule has 0 bridgehead atoms. The Bertz CT molecular complexity index is 1090. The predicted molar refractivity (Wildman–Crippen MR) is 133 cm³/mol. The zero-order chi connectivity index (χ0) is 24.8. The fourth-order valence-electron chi connectivity index (χ4n) is 4.37. The number of fused-ring (bicyclic) bond motifs is 1. The Balaban J connectivity index is 1.38. The maximum Gasteiger partial charge on any atom is 0.265 e. The average molecular weight is 480 g/mol. The van der Waals surface area contributed by atoms with Gasteiger partial charge in [-0.3, -0.25) is 19.3 Å². The van der Waals surface area contributed by atoms with Crippen molar-refractivity contribution in [3.05, 3.63) is 53.1 Å². The van der Waals surface area contributed by atoms with E-state index in [1.807, 2.05) is 32.0 Å². The molecule has 8 nitrogen and oxygen atoms in total. The van der Waals surface area contributed by atoms with Gasteiger partial charge in [0, 0.05) is 18.7 Å². The van der Waals surface area contributed by atoms with Crippen LogP contribution in [0, 0.1) is 13.8 Å². The number of ketones is 1. The van der Waals surface area contributed by atoms with Crippen LogP contribution in [-0.4, -0.2) is 68.4 Å². The molecule has 2 aliphatic heterocycles. The molecule has 1 fully saturated rings. The van der Waals surface area contributed by atoms with Crippen LogP contribution in [0.2, 0.25) is 0 Å². The lowest BCUT2D eigenvalue weighted by Crippen LogP contribution is -2.46. The van der Waals surface area contributed by atoms with E-state index in [9.17, 15) is 14.4 Å². The van der Waals surface area contributed by atoms with Crippen LogP contribution in [0.25, 0.3) is 0 Å². The third kappa shape index (κ3) is 6.39. The standard InChI is InChI=1S/C27H33N3O5/c1-19-6-7-20(2)25(14-19)34-17-23(31)21-8-9-24-22(15-21)30(27(33)18-35-24)16-26(32)28-10-13-29-11-4-3-5-12-29/h6-9,14-15H,3-5,10-13,16-18H2,1-2H3,(H,28,32). The maximum absolute atomic E-state index is 12.8. The van der Waals surface area contributed by atoms with Crippen LogP contribution >= 0.6 is 0 Å². The Morgan fingerprint density at radius 3 is 2.66 bits per heavy atom. The van der Waals surface area contributed by atoms with Crippen LogP contribution in [0.3, 0.4) is 0 Å². The number of likely N-dealkylation sites (tertiary alicyclic amines) is 1. The number of hydrogen-bond acceptors (Lipinski definition) is 6. The van der Waals surface area contributed by atoms with E-state index in [2.05, 4.69) is 10.2 Å². The quantitative estimate of drug-likeness (QED) is 0.557. The summed E-state index contributed by atoms with van der Waals surface area (Å²) in [4.78, 5) is 41.8. The Morgan fingerprint density at radius 2 is 1.86 bits per heavy atom. The monoisotopic (exact) mass is 479 g/mol. The molecule has 1 N–H and O–H groups in total. The number of anilines is 1. The first-order valence-electron chi connectivity index (χ1n) is 12.2. The van der Waals surface area contributed by atoms with Gasteiger partial charge in [0.05, 0.1) is 5.69 Å². The summed E-state index contributed by atoms with van der Waals surface area (Å²) in [5.74, 6) is 0.353. The summed E-state index contributed by atoms with van der Waals surface area (Å²) in [6.07, 6.45) is 3.66. The minimum absolute atomic E-state index is 0.119. The normalized spacial score (nSPS) is 15.8. The molecule has 2 heterocycles. The summed E-state index contributed by atoms with van der Waals surface area (Å²) in [5, 5.41) is 2.91. The van der Waals surface area contributed by atoms with Crippen molar-refractivity contribution in [3.63, 3.8) is 0 Å². The molecule has 0 aromatic heterocycles. The molecule has 1 saturated heterocycles. The van der Waals surface area contributed by atoms with Gasteiger partial charge in [0.15, 0.2) is 19.0 Å². The third-order valence-corrected chi connectivity index (χ3v) is 6.43. The van der Waals surface area contributed by atoms with E-state index in [0.717, 1.165) is 30.8 Å². The molecular weight excluding hydrogens is 446 g/mol. The largest absolute Gasteiger partial charge is 0.485 e. The van der Waals surface area contributed by atoms with Gasteiger partial charge in [0.25, 0.3) is 5.91 Å². The van der Waals surface area contributed by atoms with Crippen LogP contribution in [0.5, 0.6) is 11.5 Å². The van der Waals surface area contributed by atoms with Gasteiger partial charge < -0.3 is 19.7 Å². The lowest BCUT2D eigenvalue weighted by atomic mass is 10.1. The number of carbonyl (C=O) groups excluding carboxylic acids is 3. The highest BCUT2D eigenvalue weighted by Gasteiger charge is 2.28. The first-order chi connectivity index (χ1) is 16.9. The van der Waals surface area contributed by atoms with Gasteiger partial charge in [0.1, 0.15) is 18.0 Å². The maximum atomic E-state index is 12.8. The molecule has 0 unspecified atom stereocenters. The summed E-state index contributed by atoms with van der Waals surface area (Å²) in [6.45, 7) is 6.97. The molecule has 2 aromatic rings. The van der Waals surface area contributed by atoms with E-state index in [4.69, 9.17) is 9.47 Å². The second-order valence-electron chi connectivity index (χ2n) is 9.18. The number of nitrogens with zero attached hydrogens (tertiary/aromatic N) is 2. The topological polar surface area (TPSA) is 88.2 Å². The molecule has 0 radical (unpaired) electrons. The van der Waals surface area contributed by atoms with Gasteiger partial charge in [-0.25, -0.2) is 0 Å². The van der Waals surface area contributed by atoms with Crippen molar-refractivity contribution >= 4 is 23.3 Å². The third-order valence-electron chi connectivity index (χ3n) is 6.43. The zero-order valence-electron chi connectivity index (χ0n) is 20.5. The lowest BCUT2D eigenvalue weighted by molar-refractivity contribution is -0.125. The SMILES string of the molecule is Cc1ccc(C)c(OCC(=O)c2ccc3c(c2)N(CC(=O)NCCN2CCCCC2)C(=O)CO3)c1. The molecule has 0 atom stereocenters. The minimum Gasteiger partial charge on any atom is -0.485 e. The number of rotatable bonds is 9. The molecule has 8 heteroatoms. The highest BCUT2D eigenvalue weighted by atomic mass is 16.5.